The van der Waals surface area contributed by atoms with Crippen molar-refractivity contribution in [3.63, 3.8) is 0 Å². The molecule has 1 aromatic carbocycles. The van der Waals surface area contributed by atoms with Gasteiger partial charge >= 0.3 is 0 Å². The summed E-state index contributed by atoms with van der Waals surface area (Å²) in [6.45, 7) is 6.13. The van der Waals surface area contributed by atoms with Crippen LogP contribution in [0.25, 0.3) is 0 Å². The molecule has 2 unspecified atom stereocenters. The van der Waals surface area contributed by atoms with Crippen LogP contribution in [-0.2, 0) is 6.42 Å². The zero-order valence-electron chi connectivity index (χ0n) is 12.3. The van der Waals surface area contributed by atoms with Crippen molar-refractivity contribution < 1.29 is 4.52 Å². The zero-order chi connectivity index (χ0) is 15.6. The largest absolute Gasteiger partial charge is 0.339 e. The summed E-state index contributed by atoms with van der Waals surface area (Å²) in [5, 5.41) is 5.23. The second-order valence-corrected chi connectivity index (χ2v) is 6.43. The third-order valence-electron chi connectivity index (χ3n) is 3.42. The molecular formula is C15H19Cl2N3O. The fourth-order valence-electron chi connectivity index (χ4n) is 2.43. The average molecular weight is 328 g/mol. The fraction of sp³-hybridized carbons (Fsp3) is 0.467. The van der Waals surface area contributed by atoms with E-state index in [2.05, 4.69) is 24.0 Å². The first kappa shape index (κ1) is 16.3. The maximum absolute atomic E-state index is 6.16. The number of aromatic nitrogens is 2. The summed E-state index contributed by atoms with van der Waals surface area (Å²) < 4.78 is 5.37. The normalized spacial score (nSPS) is 14.4. The Hall–Kier alpha value is -1.10. The van der Waals surface area contributed by atoms with Crippen molar-refractivity contribution in [2.75, 3.05) is 0 Å². The van der Waals surface area contributed by atoms with Crippen LogP contribution in [0.1, 0.15) is 44.0 Å². The highest BCUT2D eigenvalue weighted by atomic mass is 35.5. The summed E-state index contributed by atoms with van der Waals surface area (Å²) in [6, 6.07) is 5.32. The van der Waals surface area contributed by atoms with Gasteiger partial charge in [0.15, 0.2) is 5.82 Å². The Morgan fingerprint density at radius 1 is 1.24 bits per heavy atom. The molecule has 1 heterocycles. The quantitative estimate of drug-likeness (QED) is 0.899. The summed E-state index contributed by atoms with van der Waals surface area (Å²) in [7, 11) is 0. The molecule has 1 aromatic heterocycles. The summed E-state index contributed by atoms with van der Waals surface area (Å²) in [5.41, 5.74) is 6.92. The van der Waals surface area contributed by atoms with E-state index >= 15 is 0 Å². The number of nitrogens with two attached hydrogens (primary N) is 1. The molecule has 0 bridgehead atoms. The Kier molecular flexibility index (Phi) is 5.25. The van der Waals surface area contributed by atoms with Gasteiger partial charge in [-0.1, -0.05) is 48.3 Å². The van der Waals surface area contributed by atoms with Gasteiger partial charge in [-0.25, -0.2) is 0 Å². The molecule has 0 saturated carbocycles. The zero-order valence-corrected chi connectivity index (χ0v) is 13.8. The highest BCUT2D eigenvalue weighted by Gasteiger charge is 2.26. The van der Waals surface area contributed by atoms with Gasteiger partial charge in [0.25, 0.3) is 0 Å². The van der Waals surface area contributed by atoms with Crippen molar-refractivity contribution in [3.05, 3.63) is 45.5 Å². The molecule has 2 rings (SSSR count). The van der Waals surface area contributed by atoms with Crippen LogP contribution >= 0.6 is 23.2 Å². The number of benzene rings is 1. The van der Waals surface area contributed by atoms with E-state index in [4.69, 9.17) is 33.5 Å². The van der Waals surface area contributed by atoms with Gasteiger partial charge in [-0.15, -0.1) is 0 Å². The van der Waals surface area contributed by atoms with Gasteiger partial charge in [0.2, 0.25) is 5.89 Å². The van der Waals surface area contributed by atoms with Crippen LogP contribution in [0.5, 0.6) is 0 Å². The molecule has 21 heavy (non-hydrogen) atoms. The Labute approximate surface area is 134 Å². The van der Waals surface area contributed by atoms with Crippen LogP contribution in [0.15, 0.2) is 22.7 Å². The second-order valence-electron chi connectivity index (χ2n) is 5.59. The monoisotopic (exact) mass is 327 g/mol. The van der Waals surface area contributed by atoms with Gasteiger partial charge in [-0.2, -0.15) is 4.98 Å². The van der Waals surface area contributed by atoms with Crippen LogP contribution in [-0.4, -0.2) is 16.2 Å². The first-order chi connectivity index (χ1) is 9.88. The number of rotatable bonds is 5. The molecule has 0 aliphatic carbocycles. The highest BCUT2D eigenvalue weighted by Crippen LogP contribution is 2.27. The molecule has 4 nitrogen and oxygen atoms in total. The molecule has 2 aromatic rings. The van der Waals surface area contributed by atoms with Gasteiger partial charge in [0.05, 0.1) is 5.92 Å². The lowest BCUT2D eigenvalue weighted by atomic mass is 9.90. The molecule has 2 atom stereocenters. The van der Waals surface area contributed by atoms with Crippen molar-refractivity contribution in [2.24, 2.45) is 11.7 Å². The second kappa shape index (κ2) is 6.77. The Morgan fingerprint density at radius 2 is 1.95 bits per heavy atom. The number of hydrogen-bond acceptors (Lipinski definition) is 4. The molecule has 0 spiro atoms. The summed E-state index contributed by atoms with van der Waals surface area (Å²) in [4.78, 5) is 4.46. The van der Waals surface area contributed by atoms with Crippen molar-refractivity contribution in [2.45, 2.75) is 39.2 Å². The molecule has 0 saturated heterocycles. The van der Waals surface area contributed by atoms with Crippen molar-refractivity contribution >= 4 is 23.2 Å². The predicted molar refractivity (Wildman–Crippen MR) is 84.8 cm³/mol. The van der Waals surface area contributed by atoms with Gasteiger partial charge in [0.1, 0.15) is 0 Å². The van der Waals surface area contributed by atoms with Crippen LogP contribution in [0, 0.1) is 5.92 Å². The van der Waals surface area contributed by atoms with Crippen LogP contribution < -0.4 is 5.73 Å². The fourth-order valence-corrected chi connectivity index (χ4v) is 2.90. The maximum Gasteiger partial charge on any atom is 0.231 e. The summed E-state index contributed by atoms with van der Waals surface area (Å²) in [6.07, 6.45) is 0.503. The van der Waals surface area contributed by atoms with Gasteiger partial charge in [0, 0.05) is 22.5 Å². The highest BCUT2D eigenvalue weighted by molar-refractivity contribution is 6.35. The van der Waals surface area contributed by atoms with E-state index in [0.29, 0.717) is 34.1 Å². The lowest BCUT2D eigenvalue weighted by Gasteiger charge is -2.20. The van der Waals surface area contributed by atoms with Gasteiger partial charge < -0.3 is 10.3 Å². The van der Waals surface area contributed by atoms with Crippen LogP contribution in [0.2, 0.25) is 10.0 Å². The lowest BCUT2D eigenvalue weighted by Crippen LogP contribution is -2.28. The average Bonchev–Trinajstić information content (AvgIpc) is 2.80. The van der Waals surface area contributed by atoms with Crippen LogP contribution in [0.3, 0.4) is 0 Å². The minimum atomic E-state index is -0.0441. The van der Waals surface area contributed by atoms with E-state index in [1.54, 1.807) is 12.1 Å². The van der Waals surface area contributed by atoms with E-state index in [-0.39, 0.29) is 12.0 Å². The van der Waals surface area contributed by atoms with E-state index in [9.17, 15) is 0 Å². The first-order valence-corrected chi connectivity index (χ1v) is 7.66. The van der Waals surface area contributed by atoms with Crippen molar-refractivity contribution in [3.8, 4) is 0 Å². The van der Waals surface area contributed by atoms with E-state index in [0.717, 1.165) is 5.56 Å². The standard InChI is InChI=1S/C15H19Cl2N3O/c1-8(2)14(9(3)18)15-19-13(20-21-15)6-10-4-5-11(16)7-12(10)17/h4-5,7-9,14H,6,18H2,1-3H3. The SMILES string of the molecule is CC(C)C(c1nc(Cc2ccc(Cl)cc2Cl)no1)C(C)N. The predicted octanol–water partition coefficient (Wildman–Crippen LogP) is 4.05. The molecule has 0 radical (unpaired) electrons. The van der Waals surface area contributed by atoms with Crippen molar-refractivity contribution in [1.29, 1.82) is 0 Å². The summed E-state index contributed by atoms with van der Waals surface area (Å²) >= 11 is 12.0. The Morgan fingerprint density at radius 3 is 2.52 bits per heavy atom. The number of halogens is 2. The van der Waals surface area contributed by atoms with Gasteiger partial charge in [-0.3, -0.25) is 0 Å². The van der Waals surface area contributed by atoms with E-state index in [1.807, 2.05) is 13.0 Å². The topological polar surface area (TPSA) is 64.9 Å². The van der Waals surface area contributed by atoms with E-state index in [1.165, 1.54) is 0 Å². The van der Waals surface area contributed by atoms with Crippen LogP contribution in [0.4, 0.5) is 0 Å². The molecule has 0 amide bonds. The van der Waals surface area contributed by atoms with E-state index < -0.39 is 0 Å². The van der Waals surface area contributed by atoms with Gasteiger partial charge in [-0.05, 0) is 30.5 Å². The molecule has 0 aliphatic heterocycles. The minimum Gasteiger partial charge on any atom is -0.339 e. The maximum atomic E-state index is 6.16. The molecule has 0 fully saturated rings. The Balaban J connectivity index is 2.20. The van der Waals surface area contributed by atoms with Crippen molar-refractivity contribution in [1.82, 2.24) is 10.1 Å². The smallest absolute Gasteiger partial charge is 0.231 e. The molecular weight excluding hydrogens is 309 g/mol. The minimum absolute atomic E-state index is 0.0441. The first-order valence-electron chi connectivity index (χ1n) is 6.90. The molecule has 2 N–H and O–H groups in total. The lowest BCUT2D eigenvalue weighted by molar-refractivity contribution is 0.298. The molecule has 0 aliphatic rings. The third kappa shape index (κ3) is 3.96. The third-order valence-corrected chi connectivity index (χ3v) is 4.00. The summed E-state index contributed by atoms with van der Waals surface area (Å²) in [5.74, 6) is 1.56. The Bertz CT molecular complexity index is 603. The number of hydrogen-bond donors (Lipinski definition) is 1. The molecule has 6 heteroatoms. The number of nitrogens with zero attached hydrogens (tertiary/aromatic N) is 2. The molecule has 114 valence electrons.